The maximum absolute atomic E-state index is 13.6. The van der Waals surface area contributed by atoms with Gasteiger partial charge in [0.2, 0.25) is 0 Å². The summed E-state index contributed by atoms with van der Waals surface area (Å²) in [6.45, 7) is 3.04. The number of pyridine rings is 1. The Morgan fingerprint density at radius 3 is 2.66 bits per heavy atom. The van der Waals surface area contributed by atoms with Crippen LogP contribution < -0.4 is 0 Å². The normalized spacial score (nSPS) is 13.3. The number of aromatic nitrogens is 6. The van der Waals surface area contributed by atoms with Gasteiger partial charge in [0, 0.05) is 24.3 Å². The predicted molar refractivity (Wildman–Crippen MR) is 116 cm³/mol. The number of hydrogen-bond acceptors (Lipinski definition) is 5. The van der Waals surface area contributed by atoms with E-state index in [4.69, 9.17) is 0 Å². The van der Waals surface area contributed by atoms with Crippen LogP contribution in [0.2, 0.25) is 0 Å². The van der Waals surface area contributed by atoms with E-state index in [9.17, 15) is 9.18 Å². The third kappa shape index (κ3) is 4.14. The molecule has 1 aliphatic rings. The van der Waals surface area contributed by atoms with Crippen LogP contribution >= 0.6 is 0 Å². The summed E-state index contributed by atoms with van der Waals surface area (Å²) in [5.41, 5.74) is 3.72. The highest BCUT2D eigenvalue weighted by atomic mass is 19.1. The van der Waals surface area contributed by atoms with Crippen molar-refractivity contribution in [3.8, 4) is 16.9 Å². The van der Waals surface area contributed by atoms with Crippen molar-refractivity contribution in [2.45, 2.75) is 32.4 Å². The Kier molecular flexibility index (Phi) is 5.22. The average Bonchev–Trinajstić information content (AvgIpc) is 3.28. The molecule has 1 aliphatic carbocycles. The second-order valence-corrected chi connectivity index (χ2v) is 7.92. The minimum absolute atomic E-state index is 0.0314. The topological polar surface area (TPSA) is 81.7 Å². The summed E-state index contributed by atoms with van der Waals surface area (Å²) in [6.07, 6.45) is 9.94. The van der Waals surface area contributed by atoms with Gasteiger partial charge in [0.15, 0.2) is 0 Å². The maximum atomic E-state index is 13.6. The van der Waals surface area contributed by atoms with E-state index in [-0.39, 0.29) is 17.8 Å². The van der Waals surface area contributed by atoms with E-state index in [0.717, 1.165) is 24.0 Å². The number of hydrogen-bond donors (Lipinski definition) is 0. The molecule has 0 N–H and O–H groups in total. The highest BCUT2D eigenvalue weighted by Crippen LogP contribution is 2.29. The molecule has 1 aromatic carbocycles. The summed E-state index contributed by atoms with van der Waals surface area (Å²) in [7, 11) is 0. The third-order valence-electron chi connectivity index (χ3n) is 5.49. The second-order valence-electron chi connectivity index (χ2n) is 7.92. The van der Waals surface area contributed by atoms with Crippen LogP contribution in [0.15, 0.2) is 61.3 Å². The summed E-state index contributed by atoms with van der Waals surface area (Å²) in [5.74, 6) is -0.406. The lowest BCUT2D eigenvalue weighted by Crippen LogP contribution is -2.36. The first kappa shape index (κ1) is 20.0. The lowest BCUT2D eigenvalue weighted by atomic mass is 10.1. The van der Waals surface area contributed by atoms with Gasteiger partial charge < -0.3 is 4.90 Å². The fraction of sp³-hybridized carbons (Fsp3) is 0.261. The summed E-state index contributed by atoms with van der Waals surface area (Å²) >= 11 is 0. The first-order valence-electron chi connectivity index (χ1n) is 10.5. The molecule has 1 fully saturated rings. The van der Waals surface area contributed by atoms with Crippen LogP contribution in [0.5, 0.6) is 0 Å². The lowest BCUT2D eigenvalue weighted by molar-refractivity contribution is 0.0735. The van der Waals surface area contributed by atoms with E-state index in [1.807, 2.05) is 36.2 Å². The van der Waals surface area contributed by atoms with E-state index in [2.05, 4.69) is 20.3 Å². The molecular formula is C23H22FN7O. The molecule has 3 aromatic heterocycles. The van der Waals surface area contributed by atoms with Crippen molar-refractivity contribution >= 4 is 5.91 Å². The van der Waals surface area contributed by atoms with Crippen LogP contribution in [-0.2, 0) is 6.54 Å². The second kappa shape index (κ2) is 8.33. The molecule has 0 saturated heterocycles. The minimum Gasteiger partial charge on any atom is -0.334 e. The maximum Gasteiger partial charge on any atom is 0.256 e. The van der Waals surface area contributed by atoms with E-state index >= 15 is 0 Å². The zero-order valence-corrected chi connectivity index (χ0v) is 17.6. The highest BCUT2D eigenvalue weighted by molar-refractivity contribution is 5.98. The van der Waals surface area contributed by atoms with Crippen molar-refractivity contribution in [1.82, 2.24) is 34.7 Å². The quantitative estimate of drug-likeness (QED) is 0.449. The molecule has 32 heavy (non-hydrogen) atoms. The third-order valence-corrected chi connectivity index (χ3v) is 5.49. The minimum atomic E-state index is -0.374. The van der Waals surface area contributed by atoms with Gasteiger partial charge in [-0.05, 0) is 44.0 Å². The number of nitrogens with zero attached hydrogens (tertiary/aromatic N) is 7. The molecule has 1 amide bonds. The lowest BCUT2D eigenvalue weighted by Gasteiger charge is -2.23. The molecule has 9 heteroatoms. The molecular weight excluding hydrogens is 409 g/mol. The van der Waals surface area contributed by atoms with Crippen molar-refractivity contribution in [1.29, 1.82) is 0 Å². The number of halogens is 1. The molecule has 0 aliphatic heterocycles. The van der Waals surface area contributed by atoms with Crippen LogP contribution in [0, 0.1) is 12.7 Å². The summed E-state index contributed by atoms with van der Waals surface area (Å²) in [6, 6.07) is 8.95. The van der Waals surface area contributed by atoms with Gasteiger partial charge in [-0.2, -0.15) is 20.1 Å². The smallest absolute Gasteiger partial charge is 0.256 e. The average molecular weight is 431 g/mol. The van der Waals surface area contributed by atoms with Gasteiger partial charge in [-0.1, -0.05) is 11.6 Å². The van der Waals surface area contributed by atoms with Gasteiger partial charge in [0.1, 0.15) is 5.82 Å². The molecule has 0 bridgehead atoms. The van der Waals surface area contributed by atoms with Crippen LogP contribution in [0.1, 0.15) is 28.8 Å². The van der Waals surface area contributed by atoms with Crippen molar-refractivity contribution in [2.24, 2.45) is 0 Å². The molecule has 4 aromatic rings. The Hall–Kier alpha value is -3.88. The van der Waals surface area contributed by atoms with Crippen LogP contribution in [0.3, 0.4) is 0 Å². The van der Waals surface area contributed by atoms with E-state index in [0.29, 0.717) is 30.0 Å². The van der Waals surface area contributed by atoms with Gasteiger partial charge in [0.05, 0.1) is 48.3 Å². The number of carbonyl (C=O) groups excluding carboxylic acids is 1. The Labute approximate surface area is 184 Å². The van der Waals surface area contributed by atoms with Crippen LogP contribution in [0.25, 0.3) is 16.9 Å². The summed E-state index contributed by atoms with van der Waals surface area (Å²) in [4.78, 5) is 21.1. The van der Waals surface area contributed by atoms with Gasteiger partial charge in [-0.3, -0.25) is 14.5 Å². The van der Waals surface area contributed by atoms with Gasteiger partial charge in [0.25, 0.3) is 5.91 Å². The Morgan fingerprint density at radius 2 is 1.94 bits per heavy atom. The number of aryl methyl sites for hydroxylation is 1. The summed E-state index contributed by atoms with van der Waals surface area (Å²) < 4.78 is 14.9. The molecule has 0 spiro atoms. The zero-order valence-electron chi connectivity index (χ0n) is 17.6. The number of carbonyl (C=O) groups is 1. The van der Waals surface area contributed by atoms with E-state index in [1.54, 1.807) is 29.3 Å². The monoisotopic (exact) mass is 431 g/mol. The van der Waals surface area contributed by atoms with E-state index in [1.165, 1.54) is 17.1 Å². The summed E-state index contributed by atoms with van der Waals surface area (Å²) in [5, 5.41) is 12.8. The number of benzene rings is 1. The number of amides is 1. The van der Waals surface area contributed by atoms with Crippen molar-refractivity contribution in [2.75, 3.05) is 6.54 Å². The fourth-order valence-electron chi connectivity index (χ4n) is 3.70. The van der Waals surface area contributed by atoms with Crippen molar-refractivity contribution < 1.29 is 9.18 Å². The first-order valence-corrected chi connectivity index (χ1v) is 10.5. The van der Waals surface area contributed by atoms with Gasteiger partial charge in [-0.15, -0.1) is 0 Å². The Bertz CT molecular complexity index is 1230. The van der Waals surface area contributed by atoms with Crippen molar-refractivity contribution in [3.63, 3.8) is 0 Å². The fourth-order valence-corrected chi connectivity index (χ4v) is 3.70. The zero-order chi connectivity index (χ0) is 22.1. The SMILES string of the molecule is Cc1ccc(-n2nccn2)c(C(=O)N(CCn2cc(-c3ccc(F)cn3)cn2)C2CC2)c1. The molecule has 0 atom stereocenters. The van der Waals surface area contributed by atoms with Gasteiger partial charge >= 0.3 is 0 Å². The standard InChI is InChI=1S/C23H22FN7O/c1-16-2-7-22(31-26-8-9-27-31)20(12-16)23(32)30(19-4-5-19)11-10-29-15-17(13-28-29)21-6-3-18(24)14-25-21/h2-3,6-9,12-15,19H,4-5,10-11H2,1H3. The van der Waals surface area contributed by atoms with Crippen molar-refractivity contribution in [3.05, 3.63) is 78.3 Å². The predicted octanol–water partition coefficient (Wildman–Crippen LogP) is 3.28. The van der Waals surface area contributed by atoms with Gasteiger partial charge in [-0.25, -0.2) is 4.39 Å². The largest absolute Gasteiger partial charge is 0.334 e. The van der Waals surface area contributed by atoms with Crippen LogP contribution in [-0.4, -0.2) is 53.2 Å². The molecule has 0 unspecified atom stereocenters. The van der Waals surface area contributed by atoms with E-state index < -0.39 is 0 Å². The molecule has 5 rings (SSSR count). The highest BCUT2D eigenvalue weighted by Gasteiger charge is 2.34. The Balaban J connectivity index is 1.35. The number of rotatable bonds is 7. The Morgan fingerprint density at radius 1 is 1.12 bits per heavy atom. The molecule has 1 saturated carbocycles. The first-order chi connectivity index (χ1) is 15.6. The molecule has 0 radical (unpaired) electrons. The molecule has 3 heterocycles. The van der Waals surface area contributed by atoms with Crippen LogP contribution in [0.4, 0.5) is 4.39 Å². The molecule has 8 nitrogen and oxygen atoms in total. The molecule has 162 valence electrons.